The van der Waals surface area contributed by atoms with Gasteiger partial charge in [0.1, 0.15) is 5.82 Å². The first kappa shape index (κ1) is 20.5. The van der Waals surface area contributed by atoms with Gasteiger partial charge in [-0.3, -0.25) is 4.90 Å². The predicted octanol–water partition coefficient (Wildman–Crippen LogP) is 4.01. The Hall–Kier alpha value is -3.42. The normalized spacial score (nSPS) is 14.6. The smallest absolute Gasteiger partial charge is 0.221 e. The minimum atomic E-state index is 0.275. The molecule has 4 N–H and O–H groups in total. The Morgan fingerprint density at radius 1 is 1.03 bits per heavy atom. The summed E-state index contributed by atoms with van der Waals surface area (Å²) < 4.78 is 5.42. The van der Waals surface area contributed by atoms with E-state index in [1.807, 2.05) is 6.07 Å². The number of para-hydroxylation sites is 1. The maximum Gasteiger partial charge on any atom is 0.221 e. The molecular formula is C25H28N6O. The third-order valence-electron chi connectivity index (χ3n) is 5.93. The number of H-pyrrole nitrogens is 1. The summed E-state index contributed by atoms with van der Waals surface area (Å²) in [5, 5.41) is 4.69. The van der Waals surface area contributed by atoms with Gasteiger partial charge in [-0.1, -0.05) is 36.4 Å². The second kappa shape index (κ2) is 9.38. The summed E-state index contributed by atoms with van der Waals surface area (Å²) >= 11 is 0. The Bertz CT molecular complexity index is 1200. The molecule has 5 rings (SSSR count). The largest absolute Gasteiger partial charge is 0.379 e. The highest BCUT2D eigenvalue weighted by Gasteiger charge is 2.13. The van der Waals surface area contributed by atoms with Crippen molar-refractivity contribution in [2.45, 2.75) is 6.42 Å². The van der Waals surface area contributed by atoms with Crippen LogP contribution < -0.4 is 11.1 Å². The van der Waals surface area contributed by atoms with Gasteiger partial charge in [-0.15, -0.1) is 0 Å². The van der Waals surface area contributed by atoms with Gasteiger partial charge in [0.05, 0.1) is 13.2 Å². The second-order valence-electron chi connectivity index (χ2n) is 8.05. The standard InChI is InChI=1S/C25H28N6O/c26-25-29-17-22(24(30-25)27-9-4-10-31-11-13-32-14-12-31)19-6-3-5-18(15-19)21-16-28-23-8-2-1-7-20(21)23/h1-3,5-8,15-17,28H,4,9-14H2,(H3,26,27,29,30). The number of fused-ring (bicyclic) bond motifs is 1. The molecule has 1 fully saturated rings. The molecule has 0 unspecified atom stereocenters. The quantitative estimate of drug-likeness (QED) is 0.385. The van der Waals surface area contributed by atoms with Crippen LogP contribution in [0.4, 0.5) is 11.8 Å². The van der Waals surface area contributed by atoms with E-state index < -0.39 is 0 Å². The number of aromatic nitrogens is 3. The molecule has 1 saturated heterocycles. The van der Waals surface area contributed by atoms with Crippen molar-refractivity contribution in [3.8, 4) is 22.3 Å². The number of nitrogen functional groups attached to an aromatic ring is 1. The second-order valence-corrected chi connectivity index (χ2v) is 8.05. The molecule has 2 aromatic carbocycles. The molecule has 0 radical (unpaired) electrons. The van der Waals surface area contributed by atoms with E-state index in [1.54, 1.807) is 6.20 Å². The lowest BCUT2D eigenvalue weighted by Crippen LogP contribution is -2.37. The molecule has 32 heavy (non-hydrogen) atoms. The molecule has 7 nitrogen and oxygen atoms in total. The number of aromatic amines is 1. The van der Waals surface area contributed by atoms with E-state index in [9.17, 15) is 0 Å². The molecule has 4 aromatic rings. The minimum absolute atomic E-state index is 0.275. The van der Waals surface area contributed by atoms with Crippen LogP contribution in [0.2, 0.25) is 0 Å². The van der Waals surface area contributed by atoms with Crippen molar-refractivity contribution >= 4 is 22.7 Å². The van der Waals surface area contributed by atoms with Crippen LogP contribution in [0.3, 0.4) is 0 Å². The topological polar surface area (TPSA) is 92.1 Å². The van der Waals surface area contributed by atoms with Crippen LogP contribution in [0, 0.1) is 0 Å². The van der Waals surface area contributed by atoms with Crippen molar-refractivity contribution in [2.24, 2.45) is 0 Å². The van der Waals surface area contributed by atoms with E-state index in [0.29, 0.717) is 0 Å². The van der Waals surface area contributed by atoms with Crippen LogP contribution in [0.15, 0.2) is 60.9 Å². The molecule has 0 bridgehead atoms. The SMILES string of the molecule is Nc1ncc(-c2cccc(-c3c[nH]c4ccccc34)c2)c(NCCCN2CCOCC2)n1. The lowest BCUT2D eigenvalue weighted by Gasteiger charge is -2.26. The number of nitrogens with two attached hydrogens (primary N) is 1. The number of benzene rings is 2. The van der Waals surface area contributed by atoms with Gasteiger partial charge < -0.3 is 20.8 Å². The van der Waals surface area contributed by atoms with Crippen molar-refractivity contribution in [2.75, 3.05) is 50.4 Å². The summed E-state index contributed by atoms with van der Waals surface area (Å²) in [7, 11) is 0. The number of ether oxygens (including phenoxy) is 1. The number of hydrogen-bond donors (Lipinski definition) is 3. The summed E-state index contributed by atoms with van der Waals surface area (Å²) in [5.41, 5.74) is 11.4. The predicted molar refractivity (Wildman–Crippen MR) is 130 cm³/mol. The Morgan fingerprint density at radius 2 is 1.84 bits per heavy atom. The van der Waals surface area contributed by atoms with Crippen molar-refractivity contribution < 1.29 is 4.74 Å². The van der Waals surface area contributed by atoms with Crippen LogP contribution in [0.25, 0.3) is 33.2 Å². The minimum Gasteiger partial charge on any atom is -0.379 e. The van der Waals surface area contributed by atoms with Gasteiger partial charge in [0, 0.05) is 54.1 Å². The third kappa shape index (κ3) is 4.44. The van der Waals surface area contributed by atoms with E-state index >= 15 is 0 Å². The monoisotopic (exact) mass is 428 g/mol. The number of anilines is 2. The fraction of sp³-hybridized carbons (Fsp3) is 0.280. The summed E-state index contributed by atoms with van der Waals surface area (Å²) in [6.07, 6.45) is 4.90. The molecule has 0 amide bonds. The summed E-state index contributed by atoms with van der Waals surface area (Å²) in [5.74, 6) is 1.05. The fourth-order valence-corrected chi connectivity index (χ4v) is 4.24. The number of nitrogens with zero attached hydrogens (tertiary/aromatic N) is 3. The Kier molecular flexibility index (Phi) is 6.00. The number of hydrogen-bond acceptors (Lipinski definition) is 6. The summed E-state index contributed by atoms with van der Waals surface area (Å²) in [6.45, 7) is 5.53. The van der Waals surface area contributed by atoms with Crippen molar-refractivity contribution in [3.05, 3.63) is 60.9 Å². The Labute approximate surface area is 187 Å². The highest BCUT2D eigenvalue weighted by Crippen LogP contribution is 2.33. The van der Waals surface area contributed by atoms with E-state index in [4.69, 9.17) is 10.5 Å². The third-order valence-corrected chi connectivity index (χ3v) is 5.93. The van der Waals surface area contributed by atoms with Crippen molar-refractivity contribution in [1.29, 1.82) is 0 Å². The molecule has 0 aliphatic carbocycles. The van der Waals surface area contributed by atoms with E-state index in [0.717, 1.165) is 73.8 Å². The number of morpholine rings is 1. The highest BCUT2D eigenvalue weighted by atomic mass is 16.5. The first-order chi connectivity index (χ1) is 15.8. The zero-order valence-corrected chi connectivity index (χ0v) is 18.1. The van der Waals surface area contributed by atoms with Crippen LogP contribution in [-0.2, 0) is 4.74 Å². The molecule has 2 aromatic heterocycles. The summed E-state index contributed by atoms with van der Waals surface area (Å²) in [6, 6.07) is 16.8. The highest BCUT2D eigenvalue weighted by molar-refractivity contribution is 5.96. The zero-order valence-electron chi connectivity index (χ0n) is 18.1. The maximum absolute atomic E-state index is 5.91. The van der Waals surface area contributed by atoms with Crippen LogP contribution >= 0.6 is 0 Å². The first-order valence-electron chi connectivity index (χ1n) is 11.1. The van der Waals surface area contributed by atoms with Gasteiger partial charge >= 0.3 is 0 Å². The average molecular weight is 429 g/mol. The molecular weight excluding hydrogens is 400 g/mol. The van der Waals surface area contributed by atoms with Crippen LogP contribution in [-0.4, -0.2) is 59.2 Å². The van der Waals surface area contributed by atoms with Gasteiger partial charge in [0.15, 0.2) is 0 Å². The van der Waals surface area contributed by atoms with Gasteiger partial charge in [-0.05, 0) is 36.2 Å². The maximum atomic E-state index is 5.91. The molecule has 1 aliphatic heterocycles. The summed E-state index contributed by atoms with van der Waals surface area (Å²) in [4.78, 5) is 14.5. The molecule has 0 atom stereocenters. The molecule has 0 spiro atoms. The lowest BCUT2D eigenvalue weighted by atomic mass is 9.99. The lowest BCUT2D eigenvalue weighted by molar-refractivity contribution is 0.0378. The van der Waals surface area contributed by atoms with E-state index in [2.05, 4.69) is 73.8 Å². The molecule has 7 heteroatoms. The molecule has 1 aliphatic rings. The van der Waals surface area contributed by atoms with Gasteiger partial charge in [0.2, 0.25) is 5.95 Å². The molecule has 0 saturated carbocycles. The van der Waals surface area contributed by atoms with Gasteiger partial charge in [-0.25, -0.2) is 4.98 Å². The van der Waals surface area contributed by atoms with Crippen LogP contribution in [0.5, 0.6) is 0 Å². The van der Waals surface area contributed by atoms with E-state index in [-0.39, 0.29) is 5.95 Å². The average Bonchev–Trinajstić information content (AvgIpc) is 3.27. The fourth-order valence-electron chi connectivity index (χ4n) is 4.24. The van der Waals surface area contributed by atoms with E-state index in [1.165, 1.54) is 10.9 Å². The van der Waals surface area contributed by atoms with Crippen molar-refractivity contribution in [3.63, 3.8) is 0 Å². The molecule has 164 valence electrons. The Morgan fingerprint density at radius 3 is 2.72 bits per heavy atom. The van der Waals surface area contributed by atoms with Gasteiger partial charge in [-0.2, -0.15) is 4.98 Å². The molecule has 3 heterocycles. The number of nitrogens with one attached hydrogen (secondary N) is 2. The van der Waals surface area contributed by atoms with Crippen molar-refractivity contribution in [1.82, 2.24) is 19.9 Å². The van der Waals surface area contributed by atoms with Gasteiger partial charge in [0.25, 0.3) is 0 Å². The number of rotatable bonds is 7. The van der Waals surface area contributed by atoms with Crippen LogP contribution in [0.1, 0.15) is 6.42 Å². The Balaban J connectivity index is 1.36. The zero-order chi connectivity index (χ0) is 21.8. The first-order valence-corrected chi connectivity index (χ1v) is 11.1.